The number of benzene rings is 1. The molecule has 0 saturated heterocycles. The number of aromatic nitrogens is 3. The van der Waals surface area contributed by atoms with Crippen LogP contribution in [0.3, 0.4) is 0 Å². The van der Waals surface area contributed by atoms with Crippen LogP contribution in [0.1, 0.15) is 29.6 Å². The van der Waals surface area contributed by atoms with E-state index in [-0.39, 0.29) is 42.5 Å². The summed E-state index contributed by atoms with van der Waals surface area (Å²) in [6.07, 6.45) is 0.510. The molecule has 0 aliphatic carbocycles. The molecule has 0 saturated carbocycles. The molecule has 0 atom stereocenters. The van der Waals surface area contributed by atoms with Gasteiger partial charge in [-0.1, -0.05) is 50.4 Å². The van der Waals surface area contributed by atoms with Gasteiger partial charge in [0.1, 0.15) is 4.90 Å². The van der Waals surface area contributed by atoms with Gasteiger partial charge >= 0.3 is 0 Å². The summed E-state index contributed by atoms with van der Waals surface area (Å²) in [5.41, 5.74) is 3.17. The van der Waals surface area contributed by atoms with Gasteiger partial charge in [0.05, 0.1) is 10.6 Å². The first kappa shape index (κ1) is 19.1. The minimum atomic E-state index is -3.68. The second-order valence-corrected chi connectivity index (χ2v) is 7.33. The number of hydrogen-bond acceptors (Lipinski definition) is 4. The number of hydrogen-bond donors (Lipinski definition) is 0. The van der Waals surface area contributed by atoms with Gasteiger partial charge in [0.2, 0.25) is 9.84 Å². The Morgan fingerprint density at radius 3 is 2.38 bits per heavy atom. The van der Waals surface area contributed by atoms with Crippen molar-refractivity contribution in [1.29, 1.82) is 0 Å². The van der Waals surface area contributed by atoms with Crippen molar-refractivity contribution in [1.82, 2.24) is 14.6 Å². The zero-order valence-electron chi connectivity index (χ0n) is 13.9. The molecule has 3 rings (SSSR count). The number of nitrogens with zero attached hydrogens (tertiary/aromatic N) is 3. The summed E-state index contributed by atoms with van der Waals surface area (Å²) in [7, 11) is -3.68. The van der Waals surface area contributed by atoms with E-state index in [1.54, 1.807) is 34.8 Å². The molecule has 2 heterocycles. The standard InChI is InChI=1S/C17H18N3O2S.Y/c1-5-15-16(23(21,22)14-9-7-6-8-10-14)17-18-12(3)11(2)13(4)20(17)19-15;/h6-10H,2,5H2,1,3-4H3;/q-1;. The Morgan fingerprint density at radius 2 is 1.79 bits per heavy atom. The maximum absolute atomic E-state index is 13.1. The van der Waals surface area contributed by atoms with E-state index >= 15 is 0 Å². The van der Waals surface area contributed by atoms with Crippen LogP contribution in [0.15, 0.2) is 40.1 Å². The molecule has 0 amide bonds. The van der Waals surface area contributed by atoms with Crippen LogP contribution in [-0.2, 0) is 49.0 Å². The molecule has 1 aromatic carbocycles. The van der Waals surface area contributed by atoms with Crippen molar-refractivity contribution in [2.24, 2.45) is 0 Å². The van der Waals surface area contributed by atoms with E-state index < -0.39 is 9.84 Å². The SMILES string of the molecule is [CH2-]c1c(C)nc2c(S(=O)(=O)c3ccccc3)c(CC)nn2c1C.[Y]. The molecule has 0 spiro atoms. The fourth-order valence-corrected chi connectivity index (χ4v) is 4.23. The van der Waals surface area contributed by atoms with Crippen LogP contribution in [0.2, 0.25) is 0 Å². The van der Waals surface area contributed by atoms with Gasteiger partial charge in [-0.15, -0.1) is 0 Å². The largest absolute Gasteiger partial charge is 0.300 e. The van der Waals surface area contributed by atoms with Crippen molar-refractivity contribution in [2.75, 3.05) is 0 Å². The molecule has 123 valence electrons. The van der Waals surface area contributed by atoms with Gasteiger partial charge in [-0.2, -0.15) is 17.6 Å². The van der Waals surface area contributed by atoms with E-state index in [0.29, 0.717) is 23.5 Å². The molecule has 0 unspecified atom stereocenters. The molecule has 0 bridgehead atoms. The zero-order chi connectivity index (χ0) is 16.8. The Bertz CT molecular complexity index is 996. The van der Waals surface area contributed by atoms with E-state index in [1.807, 2.05) is 20.8 Å². The molecular weight excluding hydrogens is 399 g/mol. The average Bonchev–Trinajstić information content (AvgIpc) is 2.93. The summed E-state index contributed by atoms with van der Waals surface area (Å²) in [5.74, 6) is 0. The van der Waals surface area contributed by atoms with E-state index in [4.69, 9.17) is 0 Å². The van der Waals surface area contributed by atoms with Gasteiger partial charge < -0.3 is 0 Å². The van der Waals surface area contributed by atoms with Crippen molar-refractivity contribution in [2.45, 2.75) is 37.0 Å². The molecule has 7 heteroatoms. The summed E-state index contributed by atoms with van der Waals surface area (Å²) < 4.78 is 27.8. The maximum Gasteiger partial charge on any atom is 0.212 e. The van der Waals surface area contributed by atoms with Gasteiger partial charge in [0.25, 0.3) is 0 Å². The van der Waals surface area contributed by atoms with Crippen LogP contribution in [0, 0.1) is 20.8 Å². The average molecular weight is 417 g/mol. The first-order valence-corrected chi connectivity index (χ1v) is 8.87. The summed E-state index contributed by atoms with van der Waals surface area (Å²) in [5, 5.41) is 4.46. The number of aryl methyl sites for hydroxylation is 3. The predicted molar refractivity (Wildman–Crippen MR) is 88.2 cm³/mol. The van der Waals surface area contributed by atoms with E-state index in [2.05, 4.69) is 17.0 Å². The minimum Gasteiger partial charge on any atom is -0.300 e. The van der Waals surface area contributed by atoms with Crippen molar-refractivity contribution in [3.05, 3.63) is 59.9 Å². The second kappa shape index (κ2) is 6.94. The molecule has 1 radical (unpaired) electrons. The molecule has 0 aliphatic heterocycles. The zero-order valence-corrected chi connectivity index (χ0v) is 17.6. The van der Waals surface area contributed by atoms with Crippen LogP contribution in [0.4, 0.5) is 0 Å². The Balaban J connectivity index is 0.00000208. The van der Waals surface area contributed by atoms with Gasteiger partial charge in [-0.05, 0) is 18.6 Å². The van der Waals surface area contributed by atoms with E-state index in [1.165, 1.54) is 0 Å². The Kier molecular flexibility index (Phi) is 5.52. The van der Waals surface area contributed by atoms with E-state index in [0.717, 1.165) is 11.3 Å². The summed E-state index contributed by atoms with van der Waals surface area (Å²) >= 11 is 0. The van der Waals surface area contributed by atoms with Crippen LogP contribution in [0.5, 0.6) is 0 Å². The molecule has 0 aliphatic rings. The van der Waals surface area contributed by atoms with Crippen molar-refractivity contribution in [3.8, 4) is 0 Å². The Hall–Kier alpha value is -1.24. The summed E-state index contributed by atoms with van der Waals surface area (Å²) in [4.78, 5) is 4.90. The van der Waals surface area contributed by atoms with Gasteiger partial charge in [0.15, 0.2) is 5.65 Å². The maximum atomic E-state index is 13.1. The quantitative estimate of drug-likeness (QED) is 0.615. The van der Waals surface area contributed by atoms with Gasteiger partial charge in [-0.3, -0.25) is 9.50 Å². The monoisotopic (exact) mass is 417 g/mol. The van der Waals surface area contributed by atoms with Crippen molar-refractivity contribution < 1.29 is 41.1 Å². The van der Waals surface area contributed by atoms with Gasteiger partial charge in [-0.25, -0.2) is 8.42 Å². The summed E-state index contributed by atoms with van der Waals surface area (Å²) in [6.45, 7) is 9.57. The smallest absolute Gasteiger partial charge is 0.212 e. The van der Waals surface area contributed by atoms with Crippen LogP contribution in [-0.4, -0.2) is 23.0 Å². The molecule has 0 fully saturated rings. The molecule has 3 aromatic rings. The fourth-order valence-electron chi connectivity index (χ4n) is 2.61. The predicted octanol–water partition coefficient (Wildman–Crippen LogP) is 2.92. The number of rotatable bonds is 3. The third-order valence-electron chi connectivity index (χ3n) is 4.01. The normalized spacial score (nSPS) is 11.5. The first-order valence-electron chi connectivity index (χ1n) is 7.38. The van der Waals surface area contributed by atoms with Gasteiger partial charge in [0, 0.05) is 32.7 Å². The van der Waals surface area contributed by atoms with Crippen molar-refractivity contribution >= 4 is 15.5 Å². The second-order valence-electron chi connectivity index (χ2n) is 5.44. The molecule has 2 aromatic heterocycles. The first-order chi connectivity index (χ1) is 10.9. The number of fused-ring (bicyclic) bond motifs is 1. The molecule has 5 nitrogen and oxygen atoms in total. The van der Waals surface area contributed by atoms with Crippen LogP contribution < -0.4 is 0 Å². The molecular formula is C17H18N3O2SY-. The Labute approximate surface area is 167 Å². The van der Waals surface area contributed by atoms with Crippen molar-refractivity contribution in [3.63, 3.8) is 0 Å². The molecule has 0 N–H and O–H groups in total. The molecule has 24 heavy (non-hydrogen) atoms. The topological polar surface area (TPSA) is 64.3 Å². The van der Waals surface area contributed by atoms with E-state index in [9.17, 15) is 8.42 Å². The van der Waals surface area contributed by atoms with Crippen LogP contribution >= 0.6 is 0 Å². The summed E-state index contributed by atoms with van der Waals surface area (Å²) in [6, 6.07) is 8.39. The van der Waals surface area contributed by atoms with Crippen LogP contribution in [0.25, 0.3) is 5.65 Å². The Morgan fingerprint density at radius 1 is 1.17 bits per heavy atom. The third-order valence-corrected chi connectivity index (χ3v) is 5.86. The minimum absolute atomic E-state index is 0. The number of sulfone groups is 1. The fraction of sp³-hybridized carbons (Fsp3) is 0.235. The third kappa shape index (κ3) is 2.91.